The molecule has 0 atom stereocenters. The summed E-state index contributed by atoms with van der Waals surface area (Å²) in [4.78, 5) is 3.97. The first kappa shape index (κ1) is 10.7. The molecule has 1 heterocycles. The number of hydrogen-bond donors (Lipinski definition) is 3. The Morgan fingerprint density at radius 3 is 2.86 bits per heavy atom. The molecule has 0 radical (unpaired) electrons. The lowest BCUT2D eigenvalue weighted by Gasteiger charge is -2.18. The molecule has 78 valence electrons. The third-order valence-electron chi connectivity index (χ3n) is 1.46. The number of nitrogens with zero attached hydrogens (tertiary/aromatic N) is 1. The van der Waals surface area contributed by atoms with E-state index in [0.717, 1.165) is 0 Å². The fraction of sp³-hybridized carbons (Fsp3) is 0.286. The lowest BCUT2D eigenvalue weighted by molar-refractivity contribution is 0.577. The van der Waals surface area contributed by atoms with Crippen LogP contribution in [0.3, 0.4) is 0 Å². The molecule has 6 nitrogen and oxygen atoms in total. The molecule has 0 spiro atoms. The third-order valence-corrected chi connectivity index (χ3v) is 2.50. The SMILES string of the molecule is C=C1NS(=O)(=O)NCC1=N/C=C(/C)N. The molecule has 0 saturated carbocycles. The predicted molar refractivity (Wildman–Crippen MR) is 54.6 cm³/mol. The summed E-state index contributed by atoms with van der Waals surface area (Å²) >= 11 is 0. The van der Waals surface area contributed by atoms with Crippen molar-refractivity contribution in [3.05, 3.63) is 24.2 Å². The molecule has 14 heavy (non-hydrogen) atoms. The van der Waals surface area contributed by atoms with Crippen molar-refractivity contribution in [2.24, 2.45) is 10.7 Å². The van der Waals surface area contributed by atoms with Crippen LogP contribution >= 0.6 is 0 Å². The molecule has 7 heteroatoms. The van der Waals surface area contributed by atoms with Crippen LogP contribution in [0.15, 0.2) is 29.2 Å². The summed E-state index contributed by atoms with van der Waals surface area (Å²) in [5, 5.41) is 0. The molecule has 4 N–H and O–H groups in total. The molecule has 1 saturated heterocycles. The van der Waals surface area contributed by atoms with Crippen LogP contribution in [0.5, 0.6) is 0 Å². The van der Waals surface area contributed by atoms with Crippen molar-refractivity contribution in [1.29, 1.82) is 0 Å². The van der Waals surface area contributed by atoms with Crippen molar-refractivity contribution < 1.29 is 8.42 Å². The summed E-state index contributed by atoms with van der Waals surface area (Å²) in [5.74, 6) is 0. The van der Waals surface area contributed by atoms with E-state index in [4.69, 9.17) is 5.73 Å². The fourth-order valence-corrected chi connectivity index (χ4v) is 1.67. The maximum absolute atomic E-state index is 11.0. The maximum atomic E-state index is 11.0. The Morgan fingerprint density at radius 2 is 2.36 bits per heavy atom. The van der Waals surface area contributed by atoms with Gasteiger partial charge in [0.2, 0.25) is 0 Å². The van der Waals surface area contributed by atoms with Gasteiger partial charge in [-0.15, -0.1) is 0 Å². The highest BCUT2D eigenvalue weighted by atomic mass is 32.2. The van der Waals surface area contributed by atoms with Crippen LogP contribution in [0, 0.1) is 0 Å². The predicted octanol–water partition coefficient (Wildman–Crippen LogP) is -0.801. The highest BCUT2D eigenvalue weighted by Gasteiger charge is 2.20. The van der Waals surface area contributed by atoms with Gasteiger partial charge in [0, 0.05) is 11.9 Å². The Balaban J connectivity index is 2.83. The van der Waals surface area contributed by atoms with Crippen LogP contribution in [0.4, 0.5) is 0 Å². The van der Waals surface area contributed by atoms with Crippen LogP contribution in [-0.4, -0.2) is 20.7 Å². The van der Waals surface area contributed by atoms with Gasteiger partial charge in [0.1, 0.15) is 0 Å². The molecule has 0 aromatic carbocycles. The van der Waals surface area contributed by atoms with Crippen molar-refractivity contribution in [2.45, 2.75) is 6.92 Å². The van der Waals surface area contributed by atoms with Crippen molar-refractivity contribution in [2.75, 3.05) is 6.54 Å². The molecule has 0 bridgehead atoms. The van der Waals surface area contributed by atoms with E-state index < -0.39 is 10.2 Å². The summed E-state index contributed by atoms with van der Waals surface area (Å²) in [6.07, 6.45) is 1.45. The zero-order chi connectivity index (χ0) is 10.8. The summed E-state index contributed by atoms with van der Waals surface area (Å²) < 4.78 is 26.4. The first-order valence-electron chi connectivity index (χ1n) is 3.86. The normalized spacial score (nSPS) is 24.8. The summed E-state index contributed by atoms with van der Waals surface area (Å²) in [6, 6.07) is 0. The highest BCUT2D eigenvalue weighted by molar-refractivity contribution is 7.87. The van der Waals surface area contributed by atoms with Crippen LogP contribution in [0.1, 0.15) is 6.92 Å². The van der Waals surface area contributed by atoms with E-state index >= 15 is 0 Å². The Morgan fingerprint density at radius 1 is 1.71 bits per heavy atom. The van der Waals surface area contributed by atoms with Crippen LogP contribution < -0.4 is 15.2 Å². The zero-order valence-corrected chi connectivity index (χ0v) is 8.56. The van der Waals surface area contributed by atoms with E-state index in [1.54, 1.807) is 6.92 Å². The van der Waals surface area contributed by atoms with Gasteiger partial charge in [-0.1, -0.05) is 6.58 Å². The van der Waals surface area contributed by atoms with E-state index in [9.17, 15) is 8.42 Å². The molecule has 1 aliphatic heterocycles. The summed E-state index contributed by atoms with van der Waals surface area (Å²) in [6.45, 7) is 5.35. The Hall–Kier alpha value is -1.34. The van der Waals surface area contributed by atoms with Gasteiger partial charge in [-0.3, -0.25) is 9.71 Å². The quantitative estimate of drug-likeness (QED) is 0.535. The molecule has 0 aromatic heterocycles. The van der Waals surface area contributed by atoms with E-state index in [0.29, 0.717) is 11.4 Å². The number of allylic oxidation sites excluding steroid dienone is 1. The second-order valence-electron chi connectivity index (χ2n) is 2.85. The van der Waals surface area contributed by atoms with Crippen molar-refractivity contribution in [3.63, 3.8) is 0 Å². The van der Waals surface area contributed by atoms with Gasteiger partial charge in [-0.25, -0.2) is 0 Å². The standard InChI is InChI=1S/C7H12N4O2S/c1-5(8)3-9-7-4-10-14(12,13)11-6(7)2/h3,10-11H,2,4,8H2,1H3/b5-3-,9-7?. The summed E-state index contributed by atoms with van der Waals surface area (Å²) in [7, 11) is -3.44. The molecular weight excluding hydrogens is 204 g/mol. The molecule has 1 rings (SSSR count). The lowest BCUT2D eigenvalue weighted by Crippen LogP contribution is -2.47. The number of nitrogens with one attached hydrogen (secondary N) is 2. The van der Waals surface area contributed by atoms with E-state index in [1.807, 2.05) is 0 Å². The Bertz CT molecular complexity index is 403. The van der Waals surface area contributed by atoms with E-state index in [1.165, 1.54) is 6.20 Å². The number of aliphatic imine (C=N–C) groups is 1. The minimum Gasteiger partial charge on any atom is -0.401 e. The Kier molecular flexibility index (Phi) is 2.92. The monoisotopic (exact) mass is 216 g/mol. The van der Waals surface area contributed by atoms with Gasteiger partial charge in [0.25, 0.3) is 10.2 Å². The average molecular weight is 216 g/mol. The smallest absolute Gasteiger partial charge is 0.299 e. The molecule has 0 aliphatic carbocycles. The van der Waals surface area contributed by atoms with Crippen LogP contribution in [0.25, 0.3) is 0 Å². The van der Waals surface area contributed by atoms with Crippen molar-refractivity contribution in [1.82, 2.24) is 9.44 Å². The molecule has 0 unspecified atom stereocenters. The maximum Gasteiger partial charge on any atom is 0.299 e. The largest absolute Gasteiger partial charge is 0.401 e. The second-order valence-corrected chi connectivity index (χ2v) is 4.35. The van der Waals surface area contributed by atoms with Gasteiger partial charge in [0.15, 0.2) is 0 Å². The fourth-order valence-electron chi connectivity index (χ4n) is 0.831. The third kappa shape index (κ3) is 2.86. The number of rotatable bonds is 1. The van der Waals surface area contributed by atoms with Crippen LogP contribution in [-0.2, 0) is 10.2 Å². The molecule has 1 aliphatic rings. The molecular formula is C7H12N4O2S. The Labute approximate surface area is 82.8 Å². The number of nitrogens with two attached hydrogens (primary N) is 1. The first-order chi connectivity index (χ1) is 6.41. The number of hydrogen-bond acceptors (Lipinski definition) is 4. The van der Waals surface area contributed by atoms with Crippen molar-refractivity contribution in [3.8, 4) is 0 Å². The lowest BCUT2D eigenvalue weighted by atomic mass is 10.3. The topological polar surface area (TPSA) is 96.6 Å². The van der Waals surface area contributed by atoms with Gasteiger partial charge >= 0.3 is 0 Å². The molecule has 1 fully saturated rings. The molecule has 0 amide bonds. The van der Waals surface area contributed by atoms with Gasteiger partial charge in [-0.05, 0) is 6.92 Å². The average Bonchev–Trinajstić information content (AvgIpc) is 2.00. The minimum absolute atomic E-state index is 0.123. The van der Waals surface area contributed by atoms with Crippen molar-refractivity contribution >= 4 is 15.9 Å². The van der Waals surface area contributed by atoms with E-state index in [2.05, 4.69) is 21.0 Å². The summed E-state index contributed by atoms with van der Waals surface area (Å²) in [5.41, 5.74) is 6.70. The van der Waals surface area contributed by atoms with E-state index in [-0.39, 0.29) is 12.2 Å². The van der Waals surface area contributed by atoms with Gasteiger partial charge in [-0.2, -0.15) is 13.1 Å². The second kappa shape index (κ2) is 3.81. The minimum atomic E-state index is -3.44. The van der Waals surface area contributed by atoms with Crippen LogP contribution in [0.2, 0.25) is 0 Å². The van der Waals surface area contributed by atoms with Gasteiger partial charge < -0.3 is 5.73 Å². The molecule has 0 aromatic rings. The first-order valence-corrected chi connectivity index (χ1v) is 5.34. The highest BCUT2D eigenvalue weighted by Crippen LogP contribution is 2.00. The zero-order valence-electron chi connectivity index (χ0n) is 7.74. The van der Waals surface area contributed by atoms with Gasteiger partial charge in [0.05, 0.1) is 18.0 Å².